The summed E-state index contributed by atoms with van der Waals surface area (Å²) >= 11 is 9.20. The molecule has 3 aromatic heterocycles. The van der Waals surface area contributed by atoms with Crippen LogP contribution in [-0.2, 0) is 11.2 Å². The molecule has 4 rings (SSSR count). The number of carbonyl (C=O) groups is 1. The number of hydrogen-bond acceptors (Lipinski definition) is 8. The van der Waals surface area contributed by atoms with Crippen molar-refractivity contribution in [3.63, 3.8) is 0 Å². The molecule has 0 aliphatic carbocycles. The van der Waals surface area contributed by atoms with Crippen molar-refractivity contribution in [1.29, 1.82) is 0 Å². The van der Waals surface area contributed by atoms with Crippen LogP contribution in [-0.4, -0.2) is 31.2 Å². The number of thiazole rings is 2. The van der Waals surface area contributed by atoms with E-state index in [1.165, 1.54) is 28.2 Å². The first-order valence-electron chi connectivity index (χ1n) is 8.62. The van der Waals surface area contributed by atoms with E-state index in [1.807, 2.05) is 24.3 Å². The first-order chi connectivity index (χ1) is 14.0. The minimum Gasteiger partial charge on any atom is -0.301 e. The van der Waals surface area contributed by atoms with Gasteiger partial charge >= 0.3 is 0 Å². The number of nitrogens with one attached hydrogen (secondary N) is 2. The predicted octanol–water partition coefficient (Wildman–Crippen LogP) is 4.25. The lowest BCUT2D eigenvalue weighted by molar-refractivity contribution is -0.113. The van der Waals surface area contributed by atoms with E-state index in [0.29, 0.717) is 24.6 Å². The molecule has 0 bridgehead atoms. The molecule has 29 heavy (non-hydrogen) atoms. The third-order valence-corrected chi connectivity index (χ3v) is 6.97. The highest BCUT2D eigenvalue weighted by Crippen LogP contribution is 2.25. The van der Waals surface area contributed by atoms with Gasteiger partial charge in [0.25, 0.3) is 5.56 Å². The summed E-state index contributed by atoms with van der Waals surface area (Å²) in [6, 6.07) is 8.01. The third-order valence-electron chi connectivity index (χ3n) is 4.04. The number of aryl methyl sites for hydroxylation is 1. The molecule has 11 heteroatoms. The van der Waals surface area contributed by atoms with Crippen LogP contribution in [0.4, 0.5) is 5.13 Å². The number of rotatable bonds is 6. The summed E-state index contributed by atoms with van der Waals surface area (Å²) in [7, 11) is 0. The van der Waals surface area contributed by atoms with Gasteiger partial charge in [0.1, 0.15) is 4.70 Å². The Balaban J connectivity index is 1.63. The smallest absolute Gasteiger partial charge is 0.271 e. The Hall–Kier alpha value is -2.34. The molecule has 3 heterocycles. The van der Waals surface area contributed by atoms with Crippen LogP contribution < -0.4 is 10.9 Å². The lowest BCUT2D eigenvalue weighted by Crippen LogP contribution is -2.15. The molecule has 1 amide bonds. The van der Waals surface area contributed by atoms with E-state index < -0.39 is 0 Å². The highest BCUT2D eigenvalue weighted by Gasteiger charge is 2.15. The zero-order valence-corrected chi connectivity index (χ0v) is 18.4. The van der Waals surface area contributed by atoms with Gasteiger partial charge in [0.05, 0.1) is 5.75 Å². The van der Waals surface area contributed by atoms with E-state index in [4.69, 9.17) is 12.2 Å². The topological polar surface area (TPSA) is 92.7 Å². The summed E-state index contributed by atoms with van der Waals surface area (Å²) < 4.78 is 2.81. The van der Waals surface area contributed by atoms with Crippen LogP contribution in [0.5, 0.6) is 0 Å². The zero-order valence-electron chi connectivity index (χ0n) is 15.2. The molecule has 0 fully saturated rings. The van der Waals surface area contributed by atoms with Crippen molar-refractivity contribution in [1.82, 2.24) is 19.5 Å². The number of anilines is 1. The van der Waals surface area contributed by atoms with Crippen molar-refractivity contribution in [2.24, 2.45) is 0 Å². The Labute approximate surface area is 182 Å². The zero-order chi connectivity index (χ0) is 20.4. The van der Waals surface area contributed by atoms with Crippen molar-refractivity contribution < 1.29 is 4.79 Å². The van der Waals surface area contributed by atoms with E-state index >= 15 is 0 Å². The number of H-pyrrole nitrogens is 1. The van der Waals surface area contributed by atoms with Crippen molar-refractivity contribution in [3.8, 4) is 5.69 Å². The van der Waals surface area contributed by atoms with Crippen LogP contribution in [0.1, 0.15) is 12.5 Å². The van der Waals surface area contributed by atoms with Gasteiger partial charge in [-0.15, -0.1) is 11.3 Å². The number of carbonyl (C=O) groups excluding carboxylic acids is 1. The average molecular weight is 462 g/mol. The summed E-state index contributed by atoms with van der Waals surface area (Å²) in [5, 5.41) is 5.39. The molecule has 0 saturated carbocycles. The fourth-order valence-corrected chi connectivity index (χ4v) is 5.12. The van der Waals surface area contributed by atoms with Crippen LogP contribution in [0.25, 0.3) is 16.0 Å². The van der Waals surface area contributed by atoms with Gasteiger partial charge in [-0.3, -0.25) is 14.2 Å². The highest BCUT2D eigenvalue weighted by molar-refractivity contribution is 7.99. The molecule has 1 aromatic carbocycles. The lowest BCUT2D eigenvalue weighted by Gasteiger charge is -2.06. The van der Waals surface area contributed by atoms with E-state index in [9.17, 15) is 9.59 Å². The molecule has 0 saturated heterocycles. The van der Waals surface area contributed by atoms with Crippen molar-refractivity contribution in [2.45, 2.75) is 18.5 Å². The summed E-state index contributed by atoms with van der Waals surface area (Å²) in [6.45, 7) is 2.09. The molecule has 0 spiro atoms. The Kier molecular flexibility index (Phi) is 5.90. The molecule has 2 N–H and O–H groups in total. The lowest BCUT2D eigenvalue weighted by atomic mass is 10.1. The van der Waals surface area contributed by atoms with Crippen molar-refractivity contribution >= 4 is 68.0 Å². The van der Waals surface area contributed by atoms with Crippen molar-refractivity contribution in [2.75, 3.05) is 11.1 Å². The Morgan fingerprint density at radius 3 is 2.83 bits per heavy atom. The fraction of sp³-hybridized carbons (Fsp3) is 0.167. The second-order valence-electron chi connectivity index (χ2n) is 5.92. The molecule has 7 nitrogen and oxygen atoms in total. The average Bonchev–Trinajstić information content (AvgIpc) is 3.34. The first kappa shape index (κ1) is 20.0. The minimum atomic E-state index is -0.266. The van der Waals surface area contributed by atoms with Crippen LogP contribution in [0.3, 0.4) is 0 Å². The quantitative estimate of drug-likeness (QED) is 0.253. The second kappa shape index (κ2) is 8.57. The number of aromatic amines is 1. The standard InChI is InChI=1S/C18H15N5O2S4/c1-2-10-3-5-11(6-4-10)23-14-13(29-18(23)26)15(25)22-17(21-14)28-9-12(24)20-16-19-7-8-27-16/h3-8H,2,9H2,1H3,(H,19,20,24)(H,21,22,25). The van der Waals surface area contributed by atoms with Crippen LogP contribution >= 0.6 is 46.7 Å². The molecular weight excluding hydrogens is 446 g/mol. The van der Waals surface area contributed by atoms with Crippen LogP contribution in [0, 0.1) is 3.95 Å². The summed E-state index contributed by atoms with van der Waals surface area (Å²) in [5.74, 6) is -0.116. The molecular formula is C18H15N5O2S4. The SMILES string of the molecule is CCc1ccc(-n2c(=S)sc3c(=O)[nH]c(SCC(=O)Nc4nccs4)nc32)cc1. The van der Waals surface area contributed by atoms with E-state index in [2.05, 4.69) is 27.2 Å². The van der Waals surface area contributed by atoms with Gasteiger partial charge in [-0.2, -0.15) is 0 Å². The number of thioether (sulfide) groups is 1. The van der Waals surface area contributed by atoms with Gasteiger partial charge in [-0.25, -0.2) is 9.97 Å². The maximum absolute atomic E-state index is 12.5. The Morgan fingerprint density at radius 1 is 1.34 bits per heavy atom. The van der Waals surface area contributed by atoms with E-state index in [-0.39, 0.29) is 17.2 Å². The number of fused-ring (bicyclic) bond motifs is 1. The van der Waals surface area contributed by atoms with E-state index in [1.54, 1.807) is 16.1 Å². The monoisotopic (exact) mass is 461 g/mol. The number of aromatic nitrogens is 4. The number of benzene rings is 1. The number of amides is 1. The summed E-state index contributed by atoms with van der Waals surface area (Å²) in [5.41, 5.74) is 2.30. The van der Waals surface area contributed by atoms with Crippen LogP contribution in [0.2, 0.25) is 0 Å². The Bertz CT molecular complexity index is 1270. The maximum atomic E-state index is 12.5. The van der Waals surface area contributed by atoms with Crippen molar-refractivity contribution in [3.05, 3.63) is 55.7 Å². The maximum Gasteiger partial charge on any atom is 0.271 e. The molecule has 148 valence electrons. The molecule has 4 aromatic rings. The van der Waals surface area contributed by atoms with E-state index in [0.717, 1.165) is 23.9 Å². The first-order valence-corrected chi connectivity index (χ1v) is 11.7. The Morgan fingerprint density at radius 2 is 2.14 bits per heavy atom. The highest BCUT2D eigenvalue weighted by atomic mass is 32.2. The van der Waals surface area contributed by atoms with Gasteiger partial charge in [-0.05, 0) is 36.3 Å². The number of nitrogens with zero attached hydrogens (tertiary/aromatic N) is 3. The van der Waals surface area contributed by atoms with Gasteiger partial charge in [0.2, 0.25) is 5.91 Å². The largest absolute Gasteiger partial charge is 0.301 e. The normalized spacial score (nSPS) is 11.1. The second-order valence-corrected chi connectivity index (χ2v) is 9.42. The van der Waals surface area contributed by atoms with Gasteiger partial charge in [0.15, 0.2) is 19.9 Å². The van der Waals surface area contributed by atoms with Gasteiger partial charge < -0.3 is 10.3 Å². The molecule has 0 atom stereocenters. The minimum absolute atomic E-state index is 0.101. The molecule has 0 unspecified atom stereocenters. The molecule has 0 aliphatic rings. The van der Waals surface area contributed by atoms with Gasteiger partial charge in [-0.1, -0.05) is 42.2 Å². The predicted molar refractivity (Wildman–Crippen MR) is 121 cm³/mol. The number of hydrogen-bond donors (Lipinski definition) is 2. The third kappa shape index (κ3) is 4.32. The van der Waals surface area contributed by atoms with Gasteiger partial charge in [0, 0.05) is 17.3 Å². The summed E-state index contributed by atoms with van der Waals surface area (Å²) in [4.78, 5) is 35.9. The summed E-state index contributed by atoms with van der Waals surface area (Å²) in [6.07, 6.45) is 2.56. The molecule has 0 radical (unpaired) electrons. The van der Waals surface area contributed by atoms with Crippen LogP contribution in [0.15, 0.2) is 45.8 Å². The molecule has 0 aliphatic heterocycles. The fourth-order valence-electron chi connectivity index (χ4n) is 2.64.